The molecule has 2 fully saturated rings. The number of hydrogen-bond donors (Lipinski definition) is 2. The topological polar surface area (TPSA) is 114 Å². The summed E-state index contributed by atoms with van der Waals surface area (Å²) in [5, 5.41) is 23.4. The highest BCUT2D eigenvalue weighted by atomic mass is 16.4. The van der Waals surface area contributed by atoms with Crippen LogP contribution in [0.5, 0.6) is 5.75 Å². The first-order chi connectivity index (χ1) is 11.2. The zero-order valence-electron chi connectivity index (χ0n) is 13.7. The van der Waals surface area contributed by atoms with Crippen LogP contribution in [-0.2, 0) is 14.4 Å². The van der Waals surface area contributed by atoms with E-state index in [0.29, 0.717) is 5.56 Å². The monoisotopic (exact) mass is 332 g/mol. The second-order valence-electron chi connectivity index (χ2n) is 6.97. The molecule has 7 heteroatoms. The number of benzene rings is 1. The van der Waals surface area contributed by atoms with Gasteiger partial charge < -0.3 is 20.3 Å². The second kappa shape index (κ2) is 5.31. The Morgan fingerprint density at radius 2 is 1.92 bits per heavy atom. The number of rotatable bonds is 3. The minimum absolute atomic E-state index is 0.0247. The van der Waals surface area contributed by atoms with Crippen LogP contribution in [0.15, 0.2) is 24.3 Å². The molecule has 2 aliphatic rings. The van der Waals surface area contributed by atoms with E-state index in [9.17, 15) is 24.6 Å². The number of hydrogen-bond acceptors (Lipinski definition) is 5. The van der Waals surface area contributed by atoms with Crippen LogP contribution in [0.2, 0.25) is 0 Å². The minimum Gasteiger partial charge on any atom is -0.544 e. The van der Waals surface area contributed by atoms with Gasteiger partial charge in [-0.25, -0.2) is 0 Å². The van der Waals surface area contributed by atoms with Crippen LogP contribution in [0.4, 0.5) is 0 Å². The van der Waals surface area contributed by atoms with Crippen molar-refractivity contribution in [1.29, 1.82) is 0 Å². The second-order valence-corrected chi connectivity index (χ2v) is 6.97. The number of phenolic OH excluding ortho intramolecular Hbond substituents is 1. The Morgan fingerprint density at radius 3 is 2.46 bits per heavy atom. The van der Waals surface area contributed by atoms with Crippen LogP contribution in [0.3, 0.4) is 0 Å². The molecule has 0 saturated carbocycles. The lowest BCUT2D eigenvalue weighted by Gasteiger charge is -2.29. The van der Waals surface area contributed by atoms with Crippen molar-refractivity contribution in [1.82, 2.24) is 4.90 Å². The highest BCUT2D eigenvalue weighted by molar-refractivity contribution is 6.08. The number of para-hydroxylation sites is 1. The first kappa shape index (κ1) is 16.4. The third-order valence-electron chi connectivity index (χ3n) is 5.20. The number of carbonyl (C=O) groups is 3. The molecule has 1 aromatic carbocycles. The molecule has 0 unspecified atom stereocenters. The fourth-order valence-corrected chi connectivity index (χ4v) is 4.04. The molecule has 0 spiro atoms. The average molecular weight is 332 g/mol. The van der Waals surface area contributed by atoms with Gasteiger partial charge in [-0.05, 0) is 32.9 Å². The largest absolute Gasteiger partial charge is 0.544 e. The van der Waals surface area contributed by atoms with E-state index >= 15 is 0 Å². The van der Waals surface area contributed by atoms with E-state index in [1.807, 2.05) is 0 Å². The Hall–Kier alpha value is -2.41. The molecule has 2 heterocycles. The van der Waals surface area contributed by atoms with Crippen molar-refractivity contribution in [3.05, 3.63) is 29.8 Å². The maximum Gasteiger partial charge on any atom is 0.240 e. The number of aromatic hydroxyl groups is 1. The van der Waals surface area contributed by atoms with E-state index in [1.165, 1.54) is 18.3 Å². The Labute approximate surface area is 139 Å². The summed E-state index contributed by atoms with van der Waals surface area (Å²) < 4.78 is 0. The zero-order chi connectivity index (χ0) is 17.8. The van der Waals surface area contributed by atoms with E-state index in [0.717, 1.165) is 4.90 Å². The van der Waals surface area contributed by atoms with Gasteiger partial charge in [0.05, 0.1) is 5.56 Å². The van der Waals surface area contributed by atoms with Crippen molar-refractivity contribution >= 4 is 17.8 Å². The van der Waals surface area contributed by atoms with Crippen molar-refractivity contribution in [2.24, 2.45) is 11.8 Å². The molecular formula is C17H20N2O5. The number of nitrogens with two attached hydrogens (primary N) is 1. The Balaban J connectivity index is 2.15. The van der Waals surface area contributed by atoms with E-state index in [1.54, 1.807) is 32.0 Å². The molecule has 0 radical (unpaired) electrons. The van der Waals surface area contributed by atoms with Crippen LogP contribution in [0.1, 0.15) is 32.4 Å². The number of phenols is 1. The van der Waals surface area contributed by atoms with Gasteiger partial charge in [0.2, 0.25) is 11.8 Å². The summed E-state index contributed by atoms with van der Waals surface area (Å²) in [7, 11) is 0. The van der Waals surface area contributed by atoms with Crippen LogP contribution in [0, 0.1) is 11.8 Å². The lowest BCUT2D eigenvalue weighted by molar-refractivity contribution is -0.735. The predicted octanol–water partition coefficient (Wildman–Crippen LogP) is -1.47. The summed E-state index contributed by atoms with van der Waals surface area (Å²) >= 11 is 0. The molecule has 3 rings (SSSR count). The maximum atomic E-state index is 12.8. The van der Waals surface area contributed by atoms with Crippen molar-refractivity contribution in [3.8, 4) is 5.75 Å². The molecule has 4 atom stereocenters. The quantitative estimate of drug-likeness (QED) is 0.656. The molecule has 2 amide bonds. The summed E-state index contributed by atoms with van der Waals surface area (Å²) in [6.07, 6.45) is 0. The van der Waals surface area contributed by atoms with Gasteiger partial charge in [-0.15, -0.1) is 0 Å². The summed E-state index contributed by atoms with van der Waals surface area (Å²) in [6.45, 7) is 4.84. The molecule has 0 bridgehead atoms. The van der Waals surface area contributed by atoms with Crippen molar-refractivity contribution in [2.45, 2.75) is 38.4 Å². The molecule has 3 N–H and O–H groups in total. The molecule has 24 heavy (non-hydrogen) atoms. The first-order valence-corrected chi connectivity index (χ1v) is 7.92. The summed E-state index contributed by atoms with van der Waals surface area (Å²) in [5.41, 5.74) is -1.11. The summed E-state index contributed by atoms with van der Waals surface area (Å²) in [5.74, 6) is -4.14. The van der Waals surface area contributed by atoms with Crippen LogP contribution in [0.25, 0.3) is 0 Å². The highest BCUT2D eigenvalue weighted by Gasteiger charge is 2.68. The molecule has 2 aliphatic heterocycles. The van der Waals surface area contributed by atoms with Gasteiger partial charge in [0.25, 0.3) is 0 Å². The molecule has 1 aromatic rings. The number of quaternary nitrogens is 1. The number of likely N-dealkylation sites (tertiary alicyclic amines) is 1. The Morgan fingerprint density at radius 1 is 1.29 bits per heavy atom. The zero-order valence-corrected chi connectivity index (χ0v) is 13.7. The predicted molar refractivity (Wildman–Crippen MR) is 80.2 cm³/mol. The van der Waals surface area contributed by atoms with E-state index in [-0.39, 0.29) is 11.8 Å². The Bertz CT molecular complexity index is 731. The minimum atomic E-state index is -1.56. The smallest absolute Gasteiger partial charge is 0.240 e. The van der Waals surface area contributed by atoms with Crippen molar-refractivity contribution in [3.63, 3.8) is 0 Å². The molecule has 7 nitrogen and oxygen atoms in total. The fraction of sp³-hybridized carbons (Fsp3) is 0.471. The molecule has 0 aromatic heterocycles. The lowest BCUT2D eigenvalue weighted by Crippen LogP contribution is -2.98. The molecular weight excluding hydrogens is 312 g/mol. The summed E-state index contributed by atoms with van der Waals surface area (Å²) in [6, 6.07) is 5.46. The normalized spacial score (nSPS) is 32.5. The number of amides is 2. The molecule has 0 aliphatic carbocycles. The van der Waals surface area contributed by atoms with Crippen LogP contribution in [-0.4, -0.2) is 39.4 Å². The van der Waals surface area contributed by atoms with Crippen LogP contribution < -0.4 is 10.4 Å². The number of fused-ring (bicyclic) bond motifs is 1. The maximum absolute atomic E-state index is 12.8. The first-order valence-electron chi connectivity index (χ1n) is 7.92. The number of carbonyl (C=O) groups excluding carboxylic acids is 3. The van der Waals surface area contributed by atoms with Gasteiger partial charge in [-0.1, -0.05) is 12.1 Å². The van der Waals surface area contributed by atoms with Gasteiger partial charge in [-0.2, -0.15) is 0 Å². The van der Waals surface area contributed by atoms with E-state index < -0.39 is 41.2 Å². The van der Waals surface area contributed by atoms with E-state index in [2.05, 4.69) is 0 Å². The van der Waals surface area contributed by atoms with Gasteiger partial charge in [-0.3, -0.25) is 14.5 Å². The van der Waals surface area contributed by atoms with Crippen molar-refractivity contribution < 1.29 is 29.9 Å². The van der Waals surface area contributed by atoms with E-state index in [4.69, 9.17) is 0 Å². The number of imide groups is 1. The third-order valence-corrected chi connectivity index (χ3v) is 5.20. The average Bonchev–Trinajstić information content (AvgIpc) is 2.95. The summed E-state index contributed by atoms with van der Waals surface area (Å²) in [4.78, 5) is 38.5. The number of nitrogens with zero attached hydrogens (tertiary/aromatic N) is 1. The SMILES string of the molecule is CC(C)N1C(=O)[C@H]2[C@@H](c3ccccc3O)[NH2+][C@@](C)(C(=O)[O-])[C@@H]2C1=O. The van der Waals surface area contributed by atoms with Gasteiger partial charge in [0, 0.05) is 6.04 Å². The van der Waals surface area contributed by atoms with Gasteiger partial charge in [0.1, 0.15) is 35.1 Å². The number of carboxylic acid groups (broad SMARTS) is 1. The molecule has 2 saturated heterocycles. The third kappa shape index (κ3) is 2.04. The Kier molecular flexibility index (Phi) is 3.64. The molecule has 128 valence electrons. The van der Waals surface area contributed by atoms with Gasteiger partial charge >= 0.3 is 0 Å². The van der Waals surface area contributed by atoms with Gasteiger partial charge in [0.15, 0.2) is 0 Å². The highest BCUT2D eigenvalue weighted by Crippen LogP contribution is 2.45. The number of aliphatic carboxylic acids is 1. The number of carboxylic acids is 1. The van der Waals surface area contributed by atoms with Crippen molar-refractivity contribution in [2.75, 3.05) is 0 Å². The van der Waals surface area contributed by atoms with Crippen LogP contribution >= 0.6 is 0 Å². The fourth-order valence-electron chi connectivity index (χ4n) is 4.04. The lowest BCUT2D eigenvalue weighted by atomic mass is 9.80. The standard InChI is InChI=1S/C17H20N2O5/c1-8(2)19-14(21)11-12(15(19)22)17(3,16(23)24)18-13(11)9-6-4-5-7-10(9)20/h4-8,11-13,18,20H,1-3H3,(H,23,24)/t11-,12+,13-,17-/m1/s1.